The van der Waals surface area contributed by atoms with Crippen molar-refractivity contribution in [3.8, 4) is 0 Å². The Labute approximate surface area is 177 Å². The lowest BCUT2D eigenvalue weighted by atomic mass is 10.1. The standard InChI is InChI=1S/C20H30FNO8.H2/c1-9-28-15(23)13(21)11-10-12-14(16(24)27-8)22(17(25)29-19(2,3)4)18(26)30-20(5,6)7;/h9,11,14H,1,10,12H2,2-8H3;1H/b13-11+;/t14-;/m0./s1. The van der Waals surface area contributed by atoms with E-state index in [1.807, 2.05) is 0 Å². The van der Waals surface area contributed by atoms with Gasteiger partial charge in [-0.15, -0.1) is 0 Å². The normalized spacial score (nSPS) is 13.0. The summed E-state index contributed by atoms with van der Waals surface area (Å²) in [6, 6.07) is -1.49. The predicted octanol–water partition coefficient (Wildman–Crippen LogP) is 4.27. The second-order valence-corrected chi connectivity index (χ2v) is 8.07. The molecule has 0 aromatic rings. The number of hydrogen-bond donors (Lipinski definition) is 0. The Morgan fingerprint density at radius 2 is 1.50 bits per heavy atom. The number of esters is 2. The van der Waals surface area contributed by atoms with Crippen molar-refractivity contribution in [2.45, 2.75) is 71.6 Å². The average molecular weight is 433 g/mol. The summed E-state index contributed by atoms with van der Waals surface area (Å²) in [4.78, 5) is 49.4. The van der Waals surface area contributed by atoms with Crippen LogP contribution in [0.25, 0.3) is 0 Å². The second kappa shape index (κ2) is 11.3. The van der Waals surface area contributed by atoms with Gasteiger partial charge in [0.2, 0.25) is 5.83 Å². The van der Waals surface area contributed by atoms with E-state index < -0.39 is 47.2 Å². The Bertz CT molecular complexity index is 666. The van der Waals surface area contributed by atoms with Crippen LogP contribution in [0.15, 0.2) is 24.7 Å². The van der Waals surface area contributed by atoms with Gasteiger partial charge in [0.05, 0.1) is 13.4 Å². The van der Waals surface area contributed by atoms with Crippen LogP contribution in [-0.2, 0) is 28.5 Å². The summed E-state index contributed by atoms with van der Waals surface area (Å²) in [6.07, 6.45) is -1.13. The van der Waals surface area contributed by atoms with Gasteiger partial charge in [0.1, 0.15) is 17.2 Å². The Kier molecular flexibility index (Phi) is 10.2. The summed E-state index contributed by atoms with van der Waals surface area (Å²) >= 11 is 0. The van der Waals surface area contributed by atoms with Gasteiger partial charge in [-0.25, -0.2) is 19.2 Å². The van der Waals surface area contributed by atoms with E-state index >= 15 is 0 Å². The summed E-state index contributed by atoms with van der Waals surface area (Å²) in [7, 11) is 1.07. The number of rotatable bonds is 7. The van der Waals surface area contributed by atoms with Crippen LogP contribution in [0.3, 0.4) is 0 Å². The highest BCUT2D eigenvalue weighted by Crippen LogP contribution is 2.20. The van der Waals surface area contributed by atoms with Crippen molar-refractivity contribution in [1.29, 1.82) is 0 Å². The van der Waals surface area contributed by atoms with Gasteiger partial charge in [-0.2, -0.15) is 9.29 Å². The number of halogens is 1. The zero-order valence-corrected chi connectivity index (χ0v) is 18.4. The number of allylic oxidation sites excluding steroid dienone is 1. The molecule has 0 bridgehead atoms. The van der Waals surface area contributed by atoms with Crippen molar-refractivity contribution in [1.82, 2.24) is 4.90 Å². The number of amides is 2. The van der Waals surface area contributed by atoms with Crippen molar-refractivity contribution >= 4 is 24.1 Å². The molecule has 0 N–H and O–H groups in total. The fourth-order valence-corrected chi connectivity index (χ4v) is 2.02. The zero-order chi connectivity index (χ0) is 23.7. The largest absolute Gasteiger partial charge is 0.467 e. The minimum absolute atomic E-state index is 0. The van der Waals surface area contributed by atoms with E-state index in [9.17, 15) is 23.6 Å². The van der Waals surface area contributed by atoms with Crippen LogP contribution >= 0.6 is 0 Å². The highest BCUT2D eigenvalue weighted by molar-refractivity contribution is 5.94. The number of methoxy groups -OCH3 is 1. The summed E-state index contributed by atoms with van der Waals surface area (Å²) in [5.74, 6) is -3.44. The third-order valence-corrected chi connectivity index (χ3v) is 3.11. The third kappa shape index (κ3) is 10.0. The minimum Gasteiger partial charge on any atom is -0.467 e. The van der Waals surface area contributed by atoms with Crippen LogP contribution in [0.1, 0.15) is 55.8 Å². The van der Waals surface area contributed by atoms with Crippen molar-refractivity contribution in [3.63, 3.8) is 0 Å². The van der Waals surface area contributed by atoms with Crippen molar-refractivity contribution in [3.05, 3.63) is 24.7 Å². The maximum atomic E-state index is 13.7. The molecule has 0 radical (unpaired) electrons. The van der Waals surface area contributed by atoms with Gasteiger partial charge < -0.3 is 18.9 Å². The molecule has 1 atom stereocenters. The van der Waals surface area contributed by atoms with Crippen LogP contribution in [0, 0.1) is 0 Å². The number of ether oxygens (including phenoxy) is 4. The van der Waals surface area contributed by atoms with E-state index in [0.717, 1.165) is 19.4 Å². The maximum Gasteiger partial charge on any atom is 0.420 e. The van der Waals surface area contributed by atoms with E-state index in [-0.39, 0.29) is 14.3 Å². The molecular weight excluding hydrogens is 401 g/mol. The molecule has 0 heterocycles. The summed E-state index contributed by atoms with van der Waals surface area (Å²) < 4.78 is 33.1. The van der Waals surface area contributed by atoms with Crippen LogP contribution in [0.5, 0.6) is 0 Å². The number of hydrogen-bond acceptors (Lipinski definition) is 8. The fourth-order valence-electron chi connectivity index (χ4n) is 2.02. The molecule has 0 unspecified atom stereocenters. The smallest absolute Gasteiger partial charge is 0.420 e. The van der Waals surface area contributed by atoms with Crippen LogP contribution in [0.2, 0.25) is 0 Å². The first kappa shape index (κ1) is 27.1. The molecule has 172 valence electrons. The molecule has 0 rings (SSSR count). The molecule has 0 saturated heterocycles. The molecule has 0 saturated carbocycles. The molecule has 9 nitrogen and oxygen atoms in total. The Morgan fingerprint density at radius 3 is 1.87 bits per heavy atom. The molecular formula is C20H32FNO8. The van der Waals surface area contributed by atoms with Gasteiger partial charge in [0, 0.05) is 1.43 Å². The molecule has 0 aromatic heterocycles. The Balaban J connectivity index is 0. The zero-order valence-electron chi connectivity index (χ0n) is 18.4. The molecule has 0 aliphatic heterocycles. The average Bonchev–Trinajstić information content (AvgIpc) is 2.56. The number of carbonyl (C=O) groups is 4. The first-order valence-electron chi connectivity index (χ1n) is 9.13. The SMILES string of the molecule is C=COC(=O)/C(F)=C\CC[C@@H](C(=O)OC)N(C(=O)OC(C)(C)C)C(=O)OC(C)(C)C.[HH]. The second-order valence-electron chi connectivity index (χ2n) is 8.07. The summed E-state index contributed by atoms with van der Waals surface area (Å²) in [5.41, 5.74) is -1.95. The lowest BCUT2D eigenvalue weighted by Gasteiger charge is -2.32. The topological polar surface area (TPSA) is 108 Å². The maximum absolute atomic E-state index is 13.7. The molecule has 10 heteroatoms. The quantitative estimate of drug-likeness (QED) is 0.253. The molecule has 0 aliphatic carbocycles. The van der Waals surface area contributed by atoms with E-state index in [2.05, 4.69) is 16.1 Å². The highest BCUT2D eigenvalue weighted by atomic mass is 19.1. The minimum atomic E-state index is -1.49. The van der Waals surface area contributed by atoms with Crippen LogP contribution in [0.4, 0.5) is 14.0 Å². The monoisotopic (exact) mass is 433 g/mol. The molecule has 0 aliphatic rings. The molecule has 2 amide bonds. The number of imide groups is 1. The number of carbonyl (C=O) groups excluding carboxylic acids is 4. The number of nitrogens with zero attached hydrogens (tertiary/aromatic N) is 1. The van der Waals surface area contributed by atoms with Gasteiger partial charge in [-0.3, -0.25) is 0 Å². The van der Waals surface area contributed by atoms with E-state index in [1.165, 1.54) is 0 Å². The fraction of sp³-hybridized carbons (Fsp3) is 0.600. The third-order valence-electron chi connectivity index (χ3n) is 3.11. The van der Waals surface area contributed by atoms with E-state index in [1.54, 1.807) is 41.5 Å². The summed E-state index contributed by atoms with van der Waals surface area (Å²) in [5, 5.41) is 0. The van der Waals surface area contributed by atoms with E-state index in [0.29, 0.717) is 4.90 Å². The van der Waals surface area contributed by atoms with Gasteiger partial charge >= 0.3 is 24.1 Å². The first-order valence-corrected chi connectivity index (χ1v) is 9.13. The van der Waals surface area contributed by atoms with Gasteiger partial charge in [0.15, 0.2) is 0 Å². The highest BCUT2D eigenvalue weighted by Gasteiger charge is 2.40. The van der Waals surface area contributed by atoms with Crippen molar-refractivity contribution in [2.24, 2.45) is 0 Å². The van der Waals surface area contributed by atoms with Crippen molar-refractivity contribution < 1.29 is 43.9 Å². The van der Waals surface area contributed by atoms with Crippen LogP contribution in [-0.4, -0.2) is 53.4 Å². The van der Waals surface area contributed by atoms with Crippen LogP contribution < -0.4 is 0 Å². The summed E-state index contributed by atoms with van der Waals surface area (Å²) in [6.45, 7) is 12.6. The van der Waals surface area contributed by atoms with E-state index in [4.69, 9.17) is 9.47 Å². The Morgan fingerprint density at radius 1 is 1.03 bits per heavy atom. The van der Waals surface area contributed by atoms with Crippen molar-refractivity contribution in [2.75, 3.05) is 7.11 Å². The lowest BCUT2D eigenvalue weighted by molar-refractivity contribution is -0.146. The Hall–Kier alpha value is -2.91. The molecule has 0 fully saturated rings. The van der Waals surface area contributed by atoms with Gasteiger partial charge in [-0.1, -0.05) is 6.58 Å². The molecule has 0 aromatic carbocycles. The molecule has 0 spiro atoms. The van der Waals surface area contributed by atoms with Gasteiger partial charge in [0.25, 0.3) is 0 Å². The van der Waals surface area contributed by atoms with Gasteiger partial charge in [-0.05, 0) is 60.5 Å². The predicted molar refractivity (Wildman–Crippen MR) is 107 cm³/mol. The molecule has 30 heavy (non-hydrogen) atoms. The first-order chi connectivity index (χ1) is 13.6. The lowest BCUT2D eigenvalue weighted by Crippen LogP contribution is -2.52.